The summed E-state index contributed by atoms with van der Waals surface area (Å²) in [5, 5.41) is 0. The summed E-state index contributed by atoms with van der Waals surface area (Å²) in [6, 6.07) is 3.72. The second-order valence-corrected chi connectivity index (χ2v) is 2.82. The first-order chi connectivity index (χ1) is 6.25. The summed E-state index contributed by atoms with van der Waals surface area (Å²) in [4.78, 5) is 11.1. The third-order valence-corrected chi connectivity index (χ3v) is 1.84. The van der Waals surface area contributed by atoms with Crippen molar-refractivity contribution in [2.24, 2.45) is 0 Å². The number of ketones is 1. The van der Waals surface area contributed by atoms with E-state index >= 15 is 0 Å². The molecule has 2 nitrogen and oxygen atoms in total. The number of carbonyl (C=O) groups excluding carboxylic acids is 1. The molecule has 0 radical (unpaired) electrons. The molecule has 68 valence electrons. The molecule has 0 amide bonds. The van der Waals surface area contributed by atoms with Gasteiger partial charge in [-0.25, -0.2) is 0 Å². The Balaban J connectivity index is 2.69. The van der Waals surface area contributed by atoms with Crippen molar-refractivity contribution in [3.8, 4) is 11.8 Å². The van der Waals surface area contributed by atoms with E-state index in [-0.39, 0.29) is 5.78 Å². The van der Waals surface area contributed by atoms with Crippen LogP contribution >= 0.6 is 0 Å². The maximum Gasteiger partial charge on any atom is 0.176 e. The fourth-order valence-electron chi connectivity index (χ4n) is 1.23. The molecule has 13 heavy (non-hydrogen) atoms. The van der Waals surface area contributed by atoms with Crippen LogP contribution in [-0.2, 0) is 6.54 Å². The van der Waals surface area contributed by atoms with Crippen molar-refractivity contribution >= 4 is 5.78 Å². The molecule has 0 aliphatic carbocycles. The van der Waals surface area contributed by atoms with Crippen LogP contribution in [0.4, 0.5) is 0 Å². The van der Waals surface area contributed by atoms with Crippen LogP contribution in [0.5, 0.6) is 0 Å². The largest absolute Gasteiger partial charge is 0.344 e. The van der Waals surface area contributed by atoms with Gasteiger partial charge in [-0.05, 0) is 19.1 Å². The molecule has 0 saturated heterocycles. The Labute approximate surface area is 78.6 Å². The van der Waals surface area contributed by atoms with Gasteiger partial charge in [-0.1, -0.05) is 0 Å². The van der Waals surface area contributed by atoms with Gasteiger partial charge in [0.1, 0.15) is 0 Å². The number of hydrogen-bond acceptors (Lipinski definition) is 1. The predicted octanol–water partition coefficient (Wildman–Crippen LogP) is 2.10. The summed E-state index contributed by atoms with van der Waals surface area (Å²) in [6.07, 6.45) is 2.71. The lowest BCUT2D eigenvalue weighted by atomic mass is 10.3. The summed E-state index contributed by atoms with van der Waals surface area (Å²) in [6.45, 7) is 4.20. The van der Waals surface area contributed by atoms with E-state index in [1.54, 1.807) is 6.92 Å². The molecule has 0 N–H and O–H groups in total. The summed E-state index contributed by atoms with van der Waals surface area (Å²) < 4.78 is 1.94. The van der Waals surface area contributed by atoms with Crippen molar-refractivity contribution in [3.05, 3.63) is 24.0 Å². The SMILES string of the molecule is CC#CCCn1cccc1C(C)=O. The van der Waals surface area contributed by atoms with Crippen molar-refractivity contribution in [3.63, 3.8) is 0 Å². The Bertz CT molecular complexity index is 352. The number of aromatic nitrogens is 1. The zero-order chi connectivity index (χ0) is 9.68. The average molecular weight is 175 g/mol. The number of rotatable bonds is 3. The van der Waals surface area contributed by atoms with E-state index in [1.807, 2.05) is 29.8 Å². The van der Waals surface area contributed by atoms with Gasteiger partial charge >= 0.3 is 0 Å². The predicted molar refractivity (Wildman–Crippen MR) is 52.5 cm³/mol. The normalized spacial score (nSPS) is 9.08. The Morgan fingerprint density at radius 3 is 3.00 bits per heavy atom. The second kappa shape index (κ2) is 4.51. The maximum atomic E-state index is 11.1. The van der Waals surface area contributed by atoms with E-state index in [1.165, 1.54) is 0 Å². The number of aryl methyl sites for hydroxylation is 1. The quantitative estimate of drug-likeness (QED) is 0.509. The van der Waals surface area contributed by atoms with E-state index in [9.17, 15) is 4.79 Å². The third kappa shape index (κ3) is 2.48. The molecule has 1 aromatic heterocycles. The zero-order valence-corrected chi connectivity index (χ0v) is 8.00. The summed E-state index contributed by atoms with van der Waals surface area (Å²) >= 11 is 0. The Morgan fingerprint density at radius 2 is 2.38 bits per heavy atom. The highest BCUT2D eigenvalue weighted by atomic mass is 16.1. The molecule has 1 aromatic rings. The van der Waals surface area contributed by atoms with E-state index in [2.05, 4.69) is 11.8 Å². The van der Waals surface area contributed by atoms with Crippen LogP contribution < -0.4 is 0 Å². The highest BCUT2D eigenvalue weighted by Gasteiger charge is 2.03. The topological polar surface area (TPSA) is 22.0 Å². The molecule has 0 unspecified atom stereocenters. The molecule has 0 spiro atoms. The Morgan fingerprint density at radius 1 is 1.62 bits per heavy atom. The van der Waals surface area contributed by atoms with Gasteiger partial charge in [0, 0.05) is 26.1 Å². The molecular formula is C11H13NO. The van der Waals surface area contributed by atoms with Crippen molar-refractivity contribution in [2.75, 3.05) is 0 Å². The van der Waals surface area contributed by atoms with Gasteiger partial charge in [-0.3, -0.25) is 4.79 Å². The fourth-order valence-corrected chi connectivity index (χ4v) is 1.23. The molecule has 1 heterocycles. The first-order valence-electron chi connectivity index (χ1n) is 4.31. The number of hydrogen-bond donors (Lipinski definition) is 0. The highest BCUT2D eigenvalue weighted by molar-refractivity contribution is 5.92. The van der Waals surface area contributed by atoms with Gasteiger partial charge in [0.05, 0.1) is 5.69 Å². The van der Waals surface area contributed by atoms with Crippen LogP contribution in [0.3, 0.4) is 0 Å². The lowest BCUT2D eigenvalue weighted by Crippen LogP contribution is -2.05. The average Bonchev–Trinajstić information content (AvgIpc) is 2.53. The smallest absolute Gasteiger partial charge is 0.176 e. The molecule has 0 atom stereocenters. The molecule has 0 aliphatic heterocycles. The summed E-state index contributed by atoms with van der Waals surface area (Å²) in [7, 11) is 0. The molecule has 0 saturated carbocycles. The van der Waals surface area contributed by atoms with Crippen molar-refractivity contribution in [1.29, 1.82) is 0 Å². The zero-order valence-electron chi connectivity index (χ0n) is 8.00. The van der Waals surface area contributed by atoms with E-state index < -0.39 is 0 Å². The minimum atomic E-state index is 0.106. The lowest BCUT2D eigenvalue weighted by Gasteiger charge is -2.02. The first-order valence-corrected chi connectivity index (χ1v) is 4.31. The molecule has 1 rings (SSSR count). The van der Waals surface area contributed by atoms with Gasteiger partial charge in [-0.15, -0.1) is 11.8 Å². The van der Waals surface area contributed by atoms with Gasteiger partial charge in [0.15, 0.2) is 5.78 Å². The van der Waals surface area contributed by atoms with Crippen LogP contribution in [-0.4, -0.2) is 10.4 Å². The summed E-state index contributed by atoms with van der Waals surface area (Å²) in [5.41, 5.74) is 0.762. The highest BCUT2D eigenvalue weighted by Crippen LogP contribution is 2.03. The molecule has 0 aromatic carbocycles. The Hall–Kier alpha value is -1.49. The summed E-state index contributed by atoms with van der Waals surface area (Å²) in [5.74, 6) is 5.91. The van der Waals surface area contributed by atoms with Gasteiger partial charge in [0.25, 0.3) is 0 Å². The second-order valence-electron chi connectivity index (χ2n) is 2.82. The minimum absolute atomic E-state index is 0.106. The lowest BCUT2D eigenvalue weighted by molar-refractivity contribution is 0.100. The number of nitrogens with zero attached hydrogens (tertiary/aromatic N) is 1. The molecular weight excluding hydrogens is 162 g/mol. The number of Topliss-reactive ketones (excluding diaryl/α,β-unsaturated/α-hetero) is 1. The molecule has 0 aliphatic rings. The van der Waals surface area contributed by atoms with Crippen LogP contribution in [0.15, 0.2) is 18.3 Å². The van der Waals surface area contributed by atoms with Crippen molar-refractivity contribution < 1.29 is 4.79 Å². The van der Waals surface area contributed by atoms with Crippen molar-refractivity contribution in [2.45, 2.75) is 26.8 Å². The first kappa shape index (κ1) is 9.60. The van der Waals surface area contributed by atoms with Crippen LogP contribution in [0.1, 0.15) is 30.8 Å². The monoisotopic (exact) mass is 175 g/mol. The van der Waals surface area contributed by atoms with Crippen LogP contribution in [0.25, 0.3) is 0 Å². The molecule has 0 fully saturated rings. The third-order valence-electron chi connectivity index (χ3n) is 1.84. The van der Waals surface area contributed by atoms with Gasteiger partial charge < -0.3 is 4.57 Å². The molecule has 2 heteroatoms. The van der Waals surface area contributed by atoms with Crippen LogP contribution in [0, 0.1) is 11.8 Å². The van der Waals surface area contributed by atoms with Gasteiger partial charge in [-0.2, -0.15) is 0 Å². The standard InChI is InChI=1S/C11H13NO/c1-3-4-5-8-12-9-6-7-11(12)10(2)13/h6-7,9H,5,8H2,1-2H3. The van der Waals surface area contributed by atoms with Crippen LogP contribution in [0.2, 0.25) is 0 Å². The van der Waals surface area contributed by atoms with Gasteiger partial charge in [0.2, 0.25) is 0 Å². The Kier molecular flexibility index (Phi) is 3.33. The van der Waals surface area contributed by atoms with E-state index in [4.69, 9.17) is 0 Å². The van der Waals surface area contributed by atoms with E-state index in [0.29, 0.717) is 0 Å². The molecule has 0 bridgehead atoms. The number of carbonyl (C=O) groups is 1. The van der Waals surface area contributed by atoms with E-state index in [0.717, 1.165) is 18.7 Å². The fraction of sp³-hybridized carbons (Fsp3) is 0.364. The maximum absolute atomic E-state index is 11.1. The van der Waals surface area contributed by atoms with Crippen molar-refractivity contribution in [1.82, 2.24) is 4.57 Å². The minimum Gasteiger partial charge on any atom is -0.344 e.